The van der Waals surface area contributed by atoms with Crippen LogP contribution in [-0.2, 0) is 9.53 Å². The van der Waals surface area contributed by atoms with Gasteiger partial charge in [-0.2, -0.15) is 0 Å². The lowest BCUT2D eigenvalue weighted by atomic mass is 10.0. The van der Waals surface area contributed by atoms with Crippen LogP contribution in [0.2, 0.25) is 0 Å². The minimum atomic E-state index is -1.24. The second kappa shape index (κ2) is 9.16. The van der Waals surface area contributed by atoms with Crippen LogP contribution in [0.4, 0.5) is 13.2 Å². The number of benzene rings is 2. The molecule has 1 atom stereocenters. The van der Waals surface area contributed by atoms with E-state index in [1.165, 1.54) is 12.1 Å². The summed E-state index contributed by atoms with van der Waals surface area (Å²) in [6, 6.07) is 6.55. The Kier molecular flexibility index (Phi) is 6.92. The predicted octanol–water partition coefficient (Wildman–Crippen LogP) is 3.28. The lowest BCUT2D eigenvalue weighted by Gasteiger charge is -2.21. The first-order chi connectivity index (χ1) is 13.2. The minimum absolute atomic E-state index is 0.0198. The van der Waals surface area contributed by atoms with Crippen molar-refractivity contribution in [2.75, 3.05) is 6.61 Å². The number of ether oxygens (including phenoxy) is 1. The Bertz CT molecular complexity index is 879. The van der Waals surface area contributed by atoms with Crippen LogP contribution < -0.4 is 5.32 Å². The summed E-state index contributed by atoms with van der Waals surface area (Å²) in [7, 11) is 0. The lowest BCUT2D eigenvalue weighted by molar-refractivity contribution is -0.145. The molecule has 0 saturated heterocycles. The van der Waals surface area contributed by atoms with Crippen LogP contribution >= 0.6 is 0 Å². The van der Waals surface area contributed by atoms with E-state index >= 15 is 0 Å². The van der Waals surface area contributed by atoms with Gasteiger partial charge in [0.2, 0.25) is 0 Å². The summed E-state index contributed by atoms with van der Waals surface area (Å²) in [6.45, 7) is 2.49. The molecule has 0 saturated carbocycles. The molecular formula is C20H18F3NO4. The number of halogens is 3. The smallest absolute Gasteiger partial charge is 0.329 e. The minimum Gasteiger partial charge on any atom is -0.456 e. The van der Waals surface area contributed by atoms with Crippen molar-refractivity contribution in [3.63, 3.8) is 0 Å². The Morgan fingerprint density at radius 1 is 1.00 bits per heavy atom. The molecule has 1 N–H and O–H groups in total. The summed E-state index contributed by atoms with van der Waals surface area (Å²) >= 11 is 0. The number of rotatable bonds is 7. The van der Waals surface area contributed by atoms with Gasteiger partial charge >= 0.3 is 5.97 Å². The second-order valence-corrected chi connectivity index (χ2v) is 6.33. The van der Waals surface area contributed by atoms with Crippen LogP contribution in [0, 0.1) is 23.4 Å². The van der Waals surface area contributed by atoms with Gasteiger partial charge in [-0.15, -0.1) is 0 Å². The van der Waals surface area contributed by atoms with Crippen molar-refractivity contribution < 1.29 is 32.3 Å². The molecule has 0 radical (unpaired) electrons. The van der Waals surface area contributed by atoms with E-state index in [-0.39, 0.29) is 5.56 Å². The van der Waals surface area contributed by atoms with Crippen molar-refractivity contribution >= 4 is 17.7 Å². The van der Waals surface area contributed by atoms with Crippen molar-refractivity contribution in [2.24, 2.45) is 5.92 Å². The first kappa shape index (κ1) is 21.1. The monoisotopic (exact) mass is 393 g/mol. The van der Waals surface area contributed by atoms with Crippen LogP contribution in [0.1, 0.15) is 34.6 Å². The molecule has 0 aliphatic carbocycles. The number of hydrogen-bond acceptors (Lipinski definition) is 4. The van der Waals surface area contributed by atoms with E-state index in [1.807, 2.05) is 0 Å². The number of ketones is 1. The lowest BCUT2D eigenvalue weighted by Crippen LogP contribution is -2.46. The van der Waals surface area contributed by atoms with Crippen molar-refractivity contribution in [3.8, 4) is 0 Å². The van der Waals surface area contributed by atoms with E-state index in [2.05, 4.69) is 5.32 Å². The molecule has 0 aromatic heterocycles. The third kappa shape index (κ3) is 5.18. The fourth-order valence-electron chi connectivity index (χ4n) is 2.40. The van der Waals surface area contributed by atoms with Gasteiger partial charge in [-0.3, -0.25) is 9.59 Å². The summed E-state index contributed by atoms with van der Waals surface area (Å²) in [5.41, 5.74) is -0.803. The third-order valence-electron chi connectivity index (χ3n) is 3.89. The molecule has 5 nitrogen and oxygen atoms in total. The standard InChI is InChI=1S/C20H18F3NO4/c1-11(2)18(24-19(26)17-14(22)7-4-8-15(17)23)20(27)28-10-16(25)12-5-3-6-13(21)9-12/h3-9,11,18H,10H2,1-2H3,(H,24,26)/t18-/m0/s1. The maximum Gasteiger partial charge on any atom is 0.329 e. The quantitative estimate of drug-likeness (QED) is 0.579. The molecule has 0 unspecified atom stereocenters. The van der Waals surface area contributed by atoms with Crippen molar-refractivity contribution in [3.05, 3.63) is 71.0 Å². The maximum atomic E-state index is 13.7. The van der Waals surface area contributed by atoms with Crippen LogP contribution in [0.3, 0.4) is 0 Å². The number of carbonyl (C=O) groups is 3. The van der Waals surface area contributed by atoms with Crippen LogP contribution in [0.5, 0.6) is 0 Å². The first-order valence-electron chi connectivity index (χ1n) is 8.41. The zero-order chi connectivity index (χ0) is 20.8. The van der Waals surface area contributed by atoms with E-state index in [1.54, 1.807) is 13.8 Å². The van der Waals surface area contributed by atoms with Gasteiger partial charge in [-0.05, 0) is 30.2 Å². The molecule has 0 heterocycles. The highest BCUT2D eigenvalue weighted by Crippen LogP contribution is 2.14. The molecule has 2 aromatic carbocycles. The fourth-order valence-corrected chi connectivity index (χ4v) is 2.40. The molecule has 0 bridgehead atoms. The summed E-state index contributed by atoms with van der Waals surface area (Å²) in [6.07, 6.45) is 0. The third-order valence-corrected chi connectivity index (χ3v) is 3.89. The molecule has 28 heavy (non-hydrogen) atoms. The van der Waals surface area contributed by atoms with E-state index in [0.717, 1.165) is 30.3 Å². The molecule has 2 rings (SSSR count). The van der Waals surface area contributed by atoms with Crippen LogP contribution in [-0.4, -0.2) is 30.3 Å². The van der Waals surface area contributed by atoms with Gasteiger partial charge in [0.1, 0.15) is 29.1 Å². The number of amides is 1. The maximum absolute atomic E-state index is 13.7. The van der Waals surface area contributed by atoms with Crippen molar-refractivity contribution in [1.82, 2.24) is 5.32 Å². The van der Waals surface area contributed by atoms with Gasteiger partial charge < -0.3 is 10.1 Å². The van der Waals surface area contributed by atoms with Gasteiger partial charge in [0.05, 0.1) is 0 Å². The molecule has 8 heteroatoms. The molecule has 0 aliphatic heterocycles. The Balaban J connectivity index is 2.06. The Hall–Kier alpha value is -3.16. The number of carbonyl (C=O) groups excluding carboxylic acids is 3. The number of Topliss-reactive ketones (excluding diaryl/α,β-unsaturated/α-hetero) is 1. The van der Waals surface area contributed by atoms with Gasteiger partial charge in [0.25, 0.3) is 5.91 Å². The van der Waals surface area contributed by atoms with E-state index in [0.29, 0.717) is 0 Å². The molecule has 0 fully saturated rings. The van der Waals surface area contributed by atoms with Gasteiger partial charge in [0.15, 0.2) is 12.4 Å². The summed E-state index contributed by atoms with van der Waals surface area (Å²) < 4.78 is 45.5. The molecule has 0 spiro atoms. The van der Waals surface area contributed by atoms with Crippen LogP contribution in [0.25, 0.3) is 0 Å². The Morgan fingerprint density at radius 3 is 2.18 bits per heavy atom. The highest BCUT2D eigenvalue weighted by atomic mass is 19.1. The van der Waals surface area contributed by atoms with E-state index in [9.17, 15) is 27.6 Å². The molecule has 0 aliphatic rings. The highest BCUT2D eigenvalue weighted by molar-refractivity contribution is 5.99. The van der Waals surface area contributed by atoms with Gasteiger partial charge in [-0.1, -0.05) is 32.0 Å². The highest BCUT2D eigenvalue weighted by Gasteiger charge is 2.29. The molecule has 1 amide bonds. The topological polar surface area (TPSA) is 72.5 Å². The average Bonchev–Trinajstić information content (AvgIpc) is 2.63. The summed E-state index contributed by atoms with van der Waals surface area (Å²) in [5, 5.41) is 2.22. The normalized spacial score (nSPS) is 11.8. The Morgan fingerprint density at radius 2 is 1.61 bits per heavy atom. The average molecular weight is 393 g/mol. The zero-order valence-corrected chi connectivity index (χ0v) is 15.2. The van der Waals surface area contributed by atoms with Gasteiger partial charge in [0, 0.05) is 5.56 Å². The fraction of sp³-hybridized carbons (Fsp3) is 0.250. The molecule has 2 aromatic rings. The van der Waals surface area contributed by atoms with E-state index < -0.39 is 59.2 Å². The summed E-state index contributed by atoms with van der Waals surface area (Å²) in [4.78, 5) is 36.5. The number of esters is 1. The molecule has 148 valence electrons. The van der Waals surface area contributed by atoms with Crippen LogP contribution in [0.15, 0.2) is 42.5 Å². The SMILES string of the molecule is CC(C)[C@H](NC(=O)c1c(F)cccc1F)C(=O)OCC(=O)c1cccc(F)c1. The molecular weight excluding hydrogens is 375 g/mol. The zero-order valence-electron chi connectivity index (χ0n) is 15.2. The predicted molar refractivity (Wildman–Crippen MR) is 94.1 cm³/mol. The van der Waals surface area contributed by atoms with Crippen molar-refractivity contribution in [1.29, 1.82) is 0 Å². The number of nitrogens with one attached hydrogen (secondary N) is 1. The summed E-state index contributed by atoms with van der Waals surface area (Å²) in [5.74, 6) is -5.97. The largest absolute Gasteiger partial charge is 0.456 e. The van der Waals surface area contributed by atoms with Crippen molar-refractivity contribution in [2.45, 2.75) is 19.9 Å². The second-order valence-electron chi connectivity index (χ2n) is 6.33. The van der Waals surface area contributed by atoms with Gasteiger partial charge in [-0.25, -0.2) is 18.0 Å². The Labute approximate surface area is 159 Å². The van der Waals surface area contributed by atoms with E-state index in [4.69, 9.17) is 4.74 Å². The first-order valence-corrected chi connectivity index (χ1v) is 8.41. The number of hydrogen-bond donors (Lipinski definition) is 1.